The van der Waals surface area contributed by atoms with Crippen LogP contribution in [-0.4, -0.2) is 24.7 Å². The van der Waals surface area contributed by atoms with E-state index in [-0.39, 0.29) is 0 Å². The lowest BCUT2D eigenvalue weighted by Gasteiger charge is -2.12. The van der Waals surface area contributed by atoms with Crippen molar-refractivity contribution in [1.29, 1.82) is 0 Å². The Balaban J connectivity index is 2.20. The Morgan fingerprint density at radius 2 is 2.14 bits per heavy atom. The van der Waals surface area contributed by atoms with E-state index in [9.17, 15) is 0 Å². The maximum Gasteiger partial charge on any atom is 0.0476 e. The number of rotatable bonds is 6. The molecule has 1 aromatic heterocycles. The third-order valence-corrected chi connectivity index (χ3v) is 2.16. The van der Waals surface area contributed by atoms with Crippen LogP contribution in [0.1, 0.15) is 18.9 Å². The smallest absolute Gasteiger partial charge is 0.0476 e. The normalized spacial score (nSPS) is 12.7. The standard InChI is InChI=1S/C11H18N2O/c1-10(5-8-14-2)13-9-11-3-6-12-7-4-11/h3-4,6-7,10,13H,5,8-9H2,1-2H3. The van der Waals surface area contributed by atoms with E-state index >= 15 is 0 Å². The molecule has 0 amide bonds. The summed E-state index contributed by atoms with van der Waals surface area (Å²) in [4.78, 5) is 3.97. The molecule has 0 aliphatic heterocycles. The predicted molar refractivity (Wildman–Crippen MR) is 57.0 cm³/mol. The maximum absolute atomic E-state index is 5.01. The summed E-state index contributed by atoms with van der Waals surface area (Å²) in [6.45, 7) is 3.87. The van der Waals surface area contributed by atoms with Crippen LogP contribution < -0.4 is 5.32 Å². The maximum atomic E-state index is 5.01. The van der Waals surface area contributed by atoms with Crippen molar-refractivity contribution >= 4 is 0 Å². The molecule has 14 heavy (non-hydrogen) atoms. The molecule has 0 aliphatic rings. The molecule has 0 aliphatic carbocycles. The third kappa shape index (κ3) is 4.35. The van der Waals surface area contributed by atoms with Crippen LogP contribution in [0.3, 0.4) is 0 Å². The molecule has 0 saturated heterocycles. The molecule has 0 radical (unpaired) electrons. The first-order valence-electron chi connectivity index (χ1n) is 4.94. The summed E-state index contributed by atoms with van der Waals surface area (Å²) in [6, 6.07) is 4.54. The number of methoxy groups -OCH3 is 1. The largest absolute Gasteiger partial charge is 0.385 e. The first kappa shape index (κ1) is 11.1. The fourth-order valence-electron chi connectivity index (χ4n) is 1.19. The Labute approximate surface area is 85.5 Å². The van der Waals surface area contributed by atoms with Gasteiger partial charge in [-0.25, -0.2) is 0 Å². The molecule has 0 aromatic carbocycles. The Morgan fingerprint density at radius 1 is 1.43 bits per heavy atom. The van der Waals surface area contributed by atoms with Crippen LogP contribution >= 0.6 is 0 Å². The molecular weight excluding hydrogens is 176 g/mol. The topological polar surface area (TPSA) is 34.1 Å². The predicted octanol–water partition coefficient (Wildman–Crippen LogP) is 1.60. The first-order chi connectivity index (χ1) is 6.83. The molecule has 0 saturated carbocycles. The van der Waals surface area contributed by atoms with Gasteiger partial charge < -0.3 is 10.1 Å². The summed E-state index contributed by atoms with van der Waals surface area (Å²) in [5.74, 6) is 0. The Morgan fingerprint density at radius 3 is 2.79 bits per heavy atom. The molecule has 1 rings (SSSR count). The average Bonchev–Trinajstić information content (AvgIpc) is 2.25. The molecule has 3 nitrogen and oxygen atoms in total. The van der Waals surface area contributed by atoms with E-state index in [1.165, 1.54) is 5.56 Å². The summed E-state index contributed by atoms with van der Waals surface area (Å²) >= 11 is 0. The number of hydrogen-bond donors (Lipinski definition) is 1. The zero-order chi connectivity index (χ0) is 10.2. The number of hydrogen-bond acceptors (Lipinski definition) is 3. The van der Waals surface area contributed by atoms with E-state index in [1.54, 1.807) is 7.11 Å². The fraction of sp³-hybridized carbons (Fsp3) is 0.545. The van der Waals surface area contributed by atoms with Gasteiger partial charge in [-0.05, 0) is 31.0 Å². The van der Waals surface area contributed by atoms with Crippen LogP contribution in [0.2, 0.25) is 0 Å². The molecule has 78 valence electrons. The van der Waals surface area contributed by atoms with Gasteiger partial charge in [0.15, 0.2) is 0 Å². The van der Waals surface area contributed by atoms with Crippen molar-refractivity contribution < 1.29 is 4.74 Å². The molecule has 3 heteroatoms. The van der Waals surface area contributed by atoms with Crippen LogP contribution in [0.4, 0.5) is 0 Å². The summed E-state index contributed by atoms with van der Waals surface area (Å²) in [7, 11) is 1.73. The number of nitrogens with zero attached hydrogens (tertiary/aromatic N) is 1. The zero-order valence-electron chi connectivity index (χ0n) is 8.86. The van der Waals surface area contributed by atoms with E-state index in [4.69, 9.17) is 4.74 Å². The molecular formula is C11H18N2O. The lowest BCUT2D eigenvalue weighted by atomic mass is 10.2. The number of aromatic nitrogens is 1. The summed E-state index contributed by atoms with van der Waals surface area (Å²) in [5.41, 5.74) is 1.27. The molecule has 0 fully saturated rings. The van der Waals surface area contributed by atoms with E-state index in [0.29, 0.717) is 6.04 Å². The summed E-state index contributed by atoms with van der Waals surface area (Å²) in [5, 5.41) is 3.43. The van der Waals surface area contributed by atoms with Crippen molar-refractivity contribution in [3.05, 3.63) is 30.1 Å². The van der Waals surface area contributed by atoms with Gasteiger partial charge in [-0.2, -0.15) is 0 Å². The van der Waals surface area contributed by atoms with Crippen LogP contribution in [0.25, 0.3) is 0 Å². The second-order valence-electron chi connectivity index (χ2n) is 3.42. The van der Waals surface area contributed by atoms with Crippen molar-refractivity contribution in [1.82, 2.24) is 10.3 Å². The van der Waals surface area contributed by atoms with Gasteiger partial charge in [-0.3, -0.25) is 4.98 Å². The second-order valence-corrected chi connectivity index (χ2v) is 3.42. The van der Waals surface area contributed by atoms with Crippen LogP contribution in [0, 0.1) is 0 Å². The zero-order valence-corrected chi connectivity index (χ0v) is 8.86. The number of nitrogens with one attached hydrogen (secondary N) is 1. The van der Waals surface area contributed by atoms with Gasteiger partial charge in [0.25, 0.3) is 0 Å². The molecule has 1 N–H and O–H groups in total. The van der Waals surface area contributed by atoms with Gasteiger partial charge in [0.2, 0.25) is 0 Å². The minimum absolute atomic E-state index is 0.489. The molecule has 1 atom stereocenters. The van der Waals surface area contributed by atoms with Crippen molar-refractivity contribution in [3.8, 4) is 0 Å². The van der Waals surface area contributed by atoms with Gasteiger partial charge in [-0.15, -0.1) is 0 Å². The lowest BCUT2D eigenvalue weighted by molar-refractivity contribution is 0.184. The van der Waals surface area contributed by atoms with Gasteiger partial charge in [0.1, 0.15) is 0 Å². The Kier molecular flexibility index (Phi) is 5.19. The highest BCUT2D eigenvalue weighted by atomic mass is 16.5. The first-order valence-corrected chi connectivity index (χ1v) is 4.94. The highest BCUT2D eigenvalue weighted by molar-refractivity contribution is 5.09. The lowest BCUT2D eigenvalue weighted by Crippen LogP contribution is -2.26. The van der Waals surface area contributed by atoms with Gasteiger partial charge in [0, 0.05) is 38.7 Å². The molecule has 1 heterocycles. The Bertz CT molecular complexity index is 238. The minimum atomic E-state index is 0.489. The van der Waals surface area contributed by atoms with Gasteiger partial charge in [0.05, 0.1) is 0 Å². The van der Waals surface area contributed by atoms with Crippen molar-refractivity contribution in [3.63, 3.8) is 0 Å². The van der Waals surface area contributed by atoms with Crippen molar-refractivity contribution in [2.75, 3.05) is 13.7 Å². The van der Waals surface area contributed by atoms with E-state index in [1.807, 2.05) is 24.5 Å². The second kappa shape index (κ2) is 6.51. The third-order valence-electron chi connectivity index (χ3n) is 2.16. The monoisotopic (exact) mass is 194 g/mol. The highest BCUT2D eigenvalue weighted by Gasteiger charge is 2.00. The van der Waals surface area contributed by atoms with E-state index in [0.717, 1.165) is 19.6 Å². The SMILES string of the molecule is COCCC(C)NCc1ccncc1. The quantitative estimate of drug-likeness (QED) is 0.747. The molecule has 1 aromatic rings. The van der Waals surface area contributed by atoms with E-state index < -0.39 is 0 Å². The van der Waals surface area contributed by atoms with Crippen LogP contribution in [0.5, 0.6) is 0 Å². The van der Waals surface area contributed by atoms with Crippen molar-refractivity contribution in [2.45, 2.75) is 25.9 Å². The fourth-order valence-corrected chi connectivity index (χ4v) is 1.19. The summed E-state index contributed by atoms with van der Waals surface area (Å²) in [6.07, 6.45) is 4.68. The van der Waals surface area contributed by atoms with Gasteiger partial charge in [-0.1, -0.05) is 0 Å². The summed E-state index contributed by atoms with van der Waals surface area (Å²) < 4.78 is 5.01. The minimum Gasteiger partial charge on any atom is -0.385 e. The van der Waals surface area contributed by atoms with Crippen LogP contribution in [-0.2, 0) is 11.3 Å². The van der Waals surface area contributed by atoms with Gasteiger partial charge >= 0.3 is 0 Å². The van der Waals surface area contributed by atoms with E-state index in [2.05, 4.69) is 17.2 Å². The highest BCUT2D eigenvalue weighted by Crippen LogP contribution is 1.97. The molecule has 0 bridgehead atoms. The number of pyridine rings is 1. The molecule has 1 unspecified atom stereocenters. The van der Waals surface area contributed by atoms with Crippen molar-refractivity contribution in [2.24, 2.45) is 0 Å². The average molecular weight is 194 g/mol. The van der Waals surface area contributed by atoms with Crippen LogP contribution in [0.15, 0.2) is 24.5 Å². The molecule has 0 spiro atoms. The number of ether oxygens (including phenoxy) is 1. The Hall–Kier alpha value is -0.930.